The molecule has 0 unspecified atom stereocenters. The minimum Gasteiger partial charge on any atom is -0.381 e. The van der Waals surface area contributed by atoms with Crippen LogP contribution in [0.3, 0.4) is 0 Å². The lowest BCUT2D eigenvalue weighted by Gasteiger charge is -2.34. The van der Waals surface area contributed by atoms with E-state index in [2.05, 4.69) is 42.0 Å². The molecule has 1 fully saturated rings. The summed E-state index contributed by atoms with van der Waals surface area (Å²) in [7, 11) is 1.82. The van der Waals surface area contributed by atoms with E-state index in [4.69, 9.17) is 4.74 Å². The fourth-order valence-corrected chi connectivity index (χ4v) is 2.83. The highest BCUT2D eigenvalue weighted by atomic mass is 16.5. The first kappa shape index (κ1) is 16.2. The van der Waals surface area contributed by atoms with Gasteiger partial charge in [-0.15, -0.1) is 0 Å². The van der Waals surface area contributed by atoms with E-state index in [1.807, 2.05) is 13.3 Å². The molecule has 2 rings (SSSR count). The van der Waals surface area contributed by atoms with Crippen LogP contribution in [0.1, 0.15) is 37.9 Å². The molecule has 0 radical (unpaired) electrons. The second-order valence-corrected chi connectivity index (χ2v) is 6.40. The first-order chi connectivity index (χ1) is 10.1. The Hall–Kier alpha value is -1.13. The number of ether oxygens (including phenoxy) is 1. The number of nitrogens with one attached hydrogen (secondary N) is 1. The summed E-state index contributed by atoms with van der Waals surface area (Å²) in [5, 5.41) is 3.53. The van der Waals surface area contributed by atoms with Gasteiger partial charge < -0.3 is 15.0 Å². The van der Waals surface area contributed by atoms with E-state index in [0.717, 1.165) is 44.7 Å². The van der Waals surface area contributed by atoms with E-state index in [-0.39, 0.29) is 0 Å². The number of piperidine rings is 1. The molecule has 2 heterocycles. The Kier molecular flexibility index (Phi) is 6.00. The predicted molar refractivity (Wildman–Crippen MR) is 87.8 cm³/mol. The van der Waals surface area contributed by atoms with Crippen molar-refractivity contribution < 1.29 is 4.74 Å². The third kappa shape index (κ3) is 4.68. The fraction of sp³-hybridized carbons (Fsp3) is 0.706. The third-order valence-electron chi connectivity index (χ3n) is 4.08. The van der Waals surface area contributed by atoms with Crippen LogP contribution in [0.2, 0.25) is 0 Å². The monoisotopic (exact) mass is 291 g/mol. The molecule has 21 heavy (non-hydrogen) atoms. The molecule has 0 aromatic carbocycles. The number of anilines is 1. The van der Waals surface area contributed by atoms with E-state index in [1.54, 1.807) is 0 Å². The minimum absolute atomic E-state index is 0.423. The van der Waals surface area contributed by atoms with Gasteiger partial charge in [0.2, 0.25) is 0 Å². The lowest BCUT2D eigenvalue weighted by atomic mass is 10.1. The maximum absolute atomic E-state index is 5.47. The molecule has 118 valence electrons. The molecule has 1 aliphatic rings. The van der Waals surface area contributed by atoms with Crippen molar-refractivity contribution >= 4 is 5.69 Å². The van der Waals surface area contributed by atoms with E-state index >= 15 is 0 Å². The highest BCUT2D eigenvalue weighted by Crippen LogP contribution is 2.25. The maximum atomic E-state index is 5.47. The van der Waals surface area contributed by atoms with Crippen LogP contribution in [0.5, 0.6) is 0 Å². The molecule has 1 aromatic heterocycles. The second kappa shape index (κ2) is 7.76. The number of aromatic nitrogens is 1. The highest BCUT2D eigenvalue weighted by molar-refractivity contribution is 5.54. The average molecular weight is 291 g/mol. The molecule has 0 atom stereocenters. The van der Waals surface area contributed by atoms with E-state index < -0.39 is 0 Å². The number of aryl methyl sites for hydroxylation is 1. The molecular weight excluding hydrogens is 262 g/mol. The standard InChI is InChI=1S/C17H29N3O/c1-13(2)10-18-11-15-12-19-14(3)9-17(15)20-7-5-16(21-4)6-8-20/h9,12-13,16,18H,5-8,10-11H2,1-4H3. The number of pyridine rings is 1. The molecule has 1 N–H and O–H groups in total. The van der Waals surface area contributed by atoms with Gasteiger partial charge in [-0.2, -0.15) is 0 Å². The lowest BCUT2D eigenvalue weighted by Crippen LogP contribution is -2.37. The lowest BCUT2D eigenvalue weighted by molar-refractivity contribution is 0.0819. The topological polar surface area (TPSA) is 37.4 Å². The summed E-state index contributed by atoms with van der Waals surface area (Å²) >= 11 is 0. The fourth-order valence-electron chi connectivity index (χ4n) is 2.83. The summed E-state index contributed by atoms with van der Waals surface area (Å²) in [6, 6.07) is 2.22. The number of hydrogen-bond acceptors (Lipinski definition) is 4. The molecule has 1 saturated heterocycles. The van der Waals surface area contributed by atoms with E-state index in [9.17, 15) is 0 Å². The Labute approximate surface area is 128 Å². The van der Waals surface area contributed by atoms with Crippen LogP contribution in [-0.2, 0) is 11.3 Å². The van der Waals surface area contributed by atoms with Gasteiger partial charge in [0.25, 0.3) is 0 Å². The first-order valence-corrected chi connectivity index (χ1v) is 8.04. The molecule has 0 saturated carbocycles. The van der Waals surface area contributed by atoms with Crippen molar-refractivity contribution in [1.82, 2.24) is 10.3 Å². The summed E-state index contributed by atoms with van der Waals surface area (Å²) in [5.74, 6) is 0.671. The van der Waals surface area contributed by atoms with E-state index in [1.165, 1.54) is 11.3 Å². The van der Waals surface area contributed by atoms with Crippen LogP contribution in [0.25, 0.3) is 0 Å². The maximum Gasteiger partial charge on any atom is 0.0605 e. The molecule has 1 aromatic rings. The van der Waals surface area contributed by atoms with Gasteiger partial charge in [-0.25, -0.2) is 0 Å². The van der Waals surface area contributed by atoms with Crippen molar-refractivity contribution in [3.05, 3.63) is 23.5 Å². The van der Waals surface area contributed by atoms with Crippen molar-refractivity contribution in [3.8, 4) is 0 Å². The molecular formula is C17H29N3O. The third-order valence-corrected chi connectivity index (χ3v) is 4.08. The Morgan fingerprint density at radius 2 is 2.10 bits per heavy atom. The summed E-state index contributed by atoms with van der Waals surface area (Å²) in [6.07, 6.45) is 4.67. The average Bonchev–Trinajstić information content (AvgIpc) is 2.48. The minimum atomic E-state index is 0.423. The molecule has 0 spiro atoms. The Morgan fingerprint density at radius 3 is 2.71 bits per heavy atom. The molecule has 0 amide bonds. The van der Waals surface area contributed by atoms with Crippen molar-refractivity contribution in [1.29, 1.82) is 0 Å². The Morgan fingerprint density at radius 1 is 1.38 bits per heavy atom. The van der Waals surface area contributed by atoms with Gasteiger partial charge in [-0.1, -0.05) is 13.8 Å². The summed E-state index contributed by atoms with van der Waals surface area (Å²) in [4.78, 5) is 6.95. The van der Waals surface area contributed by atoms with Crippen molar-refractivity contribution in [2.24, 2.45) is 5.92 Å². The first-order valence-electron chi connectivity index (χ1n) is 8.04. The van der Waals surface area contributed by atoms with Crippen molar-refractivity contribution in [2.45, 2.75) is 46.3 Å². The van der Waals surface area contributed by atoms with Crippen LogP contribution in [0, 0.1) is 12.8 Å². The molecule has 1 aliphatic heterocycles. The van der Waals surface area contributed by atoms with E-state index in [0.29, 0.717) is 12.0 Å². The number of methoxy groups -OCH3 is 1. The van der Waals surface area contributed by atoms with Crippen molar-refractivity contribution in [2.75, 3.05) is 31.6 Å². The van der Waals surface area contributed by atoms with Crippen LogP contribution in [0.15, 0.2) is 12.3 Å². The van der Waals surface area contributed by atoms with Crippen LogP contribution in [0.4, 0.5) is 5.69 Å². The summed E-state index contributed by atoms with van der Waals surface area (Å²) in [6.45, 7) is 10.6. The van der Waals surface area contributed by atoms with Gasteiger partial charge in [-0.3, -0.25) is 4.98 Å². The number of hydrogen-bond donors (Lipinski definition) is 1. The quantitative estimate of drug-likeness (QED) is 0.874. The van der Waals surface area contributed by atoms with Gasteiger partial charge in [-0.05, 0) is 38.3 Å². The van der Waals surface area contributed by atoms with Gasteiger partial charge in [0.1, 0.15) is 0 Å². The SMILES string of the molecule is COC1CCN(c2cc(C)ncc2CNCC(C)C)CC1. The number of nitrogens with zero attached hydrogens (tertiary/aromatic N) is 2. The van der Waals surface area contributed by atoms with Gasteiger partial charge in [0.05, 0.1) is 6.10 Å². The zero-order valence-electron chi connectivity index (χ0n) is 13.9. The van der Waals surface area contributed by atoms with Gasteiger partial charge in [0.15, 0.2) is 0 Å². The Balaban J connectivity index is 2.04. The summed E-state index contributed by atoms with van der Waals surface area (Å²) < 4.78 is 5.47. The smallest absolute Gasteiger partial charge is 0.0605 e. The van der Waals surface area contributed by atoms with Crippen molar-refractivity contribution in [3.63, 3.8) is 0 Å². The van der Waals surface area contributed by atoms with Gasteiger partial charge in [0, 0.05) is 49.9 Å². The normalized spacial score (nSPS) is 16.7. The predicted octanol–water partition coefficient (Wildman–Crippen LogP) is 2.75. The summed E-state index contributed by atoms with van der Waals surface area (Å²) in [5.41, 5.74) is 3.73. The van der Waals surface area contributed by atoms with Crippen LogP contribution >= 0.6 is 0 Å². The second-order valence-electron chi connectivity index (χ2n) is 6.40. The number of rotatable bonds is 6. The molecule has 0 aliphatic carbocycles. The van der Waals surface area contributed by atoms with Crippen LogP contribution < -0.4 is 10.2 Å². The molecule has 4 heteroatoms. The van der Waals surface area contributed by atoms with Gasteiger partial charge >= 0.3 is 0 Å². The highest BCUT2D eigenvalue weighted by Gasteiger charge is 2.20. The van der Waals surface area contributed by atoms with Crippen LogP contribution in [-0.4, -0.2) is 37.8 Å². The largest absolute Gasteiger partial charge is 0.381 e. The molecule has 0 bridgehead atoms. The zero-order chi connectivity index (χ0) is 15.2. The Bertz CT molecular complexity index is 440. The molecule has 4 nitrogen and oxygen atoms in total. The zero-order valence-corrected chi connectivity index (χ0v) is 13.9.